The molecule has 1 fully saturated rings. The molecule has 0 aromatic carbocycles. The van der Waals surface area contributed by atoms with Crippen LogP contribution in [0.15, 0.2) is 47.4 Å². The van der Waals surface area contributed by atoms with Crippen molar-refractivity contribution in [2.24, 2.45) is 13.0 Å². The number of likely N-dealkylation sites (tertiary alicyclic amines) is 1. The first-order chi connectivity index (χ1) is 12.7. The van der Waals surface area contributed by atoms with Gasteiger partial charge in [-0.2, -0.15) is 4.98 Å². The highest BCUT2D eigenvalue weighted by atomic mass is 16.5. The normalized spacial score (nSPS) is 19.8. The fourth-order valence-electron chi connectivity index (χ4n) is 3.35. The molecule has 1 aliphatic rings. The fraction of sp³-hybridized carbons (Fsp3) is 0.333. The van der Waals surface area contributed by atoms with Crippen molar-refractivity contribution in [3.8, 4) is 11.4 Å². The zero-order chi connectivity index (χ0) is 18.1. The summed E-state index contributed by atoms with van der Waals surface area (Å²) in [6.07, 6.45) is 5.18. The number of carbonyl (C=O) groups excluding carboxylic acids is 1. The Bertz CT molecular complexity index is 904. The monoisotopic (exact) mass is 353 g/mol. The average Bonchev–Trinajstić information content (AvgIpc) is 3.40. The van der Waals surface area contributed by atoms with Crippen LogP contribution in [0.4, 0.5) is 0 Å². The van der Waals surface area contributed by atoms with E-state index in [1.165, 1.54) is 0 Å². The van der Waals surface area contributed by atoms with E-state index in [9.17, 15) is 9.90 Å². The molecule has 3 aromatic heterocycles. The minimum Gasteiger partial charge on any atom is -0.396 e. The van der Waals surface area contributed by atoms with Crippen molar-refractivity contribution in [2.75, 3.05) is 19.7 Å². The number of aliphatic hydroxyl groups excluding tert-OH is 1. The molecule has 4 heterocycles. The summed E-state index contributed by atoms with van der Waals surface area (Å²) in [7, 11) is 1.84. The van der Waals surface area contributed by atoms with Crippen LogP contribution in [0, 0.1) is 5.92 Å². The standard InChI is InChI=1S/C18H19N5O3/c1-22-7-3-5-15(22)18(25)23-9-13(11-24)14(10-23)17-20-16(21-26-17)12-4-2-6-19-8-12/h2-8,13-14,24H,9-11H2,1H3/t13-,14+/m0/s1. The molecule has 0 saturated carbocycles. The minimum atomic E-state index is -0.192. The van der Waals surface area contributed by atoms with E-state index < -0.39 is 0 Å². The van der Waals surface area contributed by atoms with E-state index in [-0.39, 0.29) is 24.3 Å². The number of rotatable bonds is 4. The Morgan fingerprint density at radius 3 is 2.92 bits per heavy atom. The number of aliphatic hydroxyl groups is 1. The van der Waals surface area contributed by atoms with Crippen molar-refractivity contribution in [2.45, 2.75) is 5.92 Å². The third-order valence-corrected chi connectivity index (χ3v) is 4.80. The zero-order valence-corrected chi connectivity index (χ0v) is 14.3. The predicted octanol–water partition coefficient (Wildman–Crippen LogP) is 1.32. The van der Waals surface area contributed by atoms with Crippen LogP contribution in [-0.2, 0) is 7.05 Å². The first kappa shape index (κ1) is 16.5. The lowest BCUT2D eigenvalue weighted by atomic mass is 9.97. The number of aromatic nitrogens is 4. The van der Waals surface area contributed by atoms with Gasteiger partial charge in [-0.25, -0.2) is 0 Å². The summed E-state index contributed by atoms with van der Waals surface area (Å²) >= 11 is 0. The average molecular weight is 353 g/mol. The molecule has 1 saturated heterocycles. The quantitative estimate of drug-likeness (QED) is 0.760. The van der Waals surface area contributed by atoms with Gasteiger partial charge in [0.1, 0.15) is 5.69 Å². The van der Waals surface area contributed by atoms with Crippen LogP contribution >= 0.6 is 0 Å². The van der Waals surface area contributed by atoms with Crippen LogP contribution in [0.5, 0.6) is 0 Å². The van der Waals surface area contributed by atoms with E-state index in [4.69, 9.17) is 4.52 Å². The lowest BCUT2D eigenvalue weighted by Crippen LogP contribution is -2.30. The van der Waals surface area contributed by atoms with Crippen molar-refractivity contribution in [3.63, 3.8) is 0 Å². The number of hydrogen-bond donors (Lipinski definition) is 1. The van der Waals surface area contributed by atoms with E-state index >= 15 is 0 Å². The molecule has 134 valence electrons. The van der Waals surface area contributed by atoms with Gasteiger partial charge in [0.25, 0.3) is 5.91 Å². The first-order valence-electron chi connectivity index (χ1n) is 8.43. The van der Waals surface area contributed by atoms with Crippen molar-refractivity contribution in [1.82, 2.24) is 24.6 Å². The van der Waals surface area contributed by atoms with Crippen LogP contribution < -0.4 is 0 Å². The van der Waals surface area contributed by atoms with E-state index in [2.05, 4.69) is 15.1 Å². The summed E-state index contributed by atoms with van der Waals surface area (Å²) in [6.45, 7) is 0.839. The van der Waals surface area contributed by atoms with Gasteiger partial charge in [-0.1, -0.05) is 5.16 Å². The van der Waals surface area contributed by atoms with E-state index in [0.717, 1.165) is 5.56 Å². The number of nitrogens with zero attached hydrogens (tertiary/aromatic N) is 5. The summed E-state index contributed by atoms with van der Waals surface area (Å²) in [5.74, 6) is 0.496. The molecule has 8 heteroatoms. The maximum absolute atomic E-state index is 12.7. The molecule has 0 radical (unpaired) electrons. The SMILES string of the molecule is Cn1cccc1C(=O)N1C[C@@H](CO)[C@H](c2nc(-c3cccnc3)no2)C1. The molecule has 0 bridgehead atoms. The zero-order valence-electron chi connectivity index (χ0n) is 14.3. The highest BCUT2D eigenvalue weighted by Crippen LogP contribution is 2.33. The molecule has 2 atom stereocenters. The highest BCUT2D eigenvalue weighted by Gasteiger charge is 2.39. The summed E-state index contributed by atoms with van der Waals surface area (Å²) in [6, 6.07) is 7.28. The Balaban J connectivity index is 1.56. The molecule has 0 unspecified atom stereocenters. The van der Waals surface area contributed by atoms with E-state index in [1.54, 1.807) is 34.0 Å². The Kier molecular flexibility index (Phi) is 4.26. The van der Waals surface area contributed by atoms with Crippen LogP contribution in [-0.4, -0.2) is 55.3 Å². The van der Waals surface area contributed by atoms with Gasteiger partial charge in [0.2, 0.25) is 11.7 Å². The summed E-state index contributed by atoms with van der Waals surface area (Å²) in [5.41, 5.74) is 1.38. The molecule has 3 aromatic rings. The molecular formula is C18H19N5O3. The molecule has 0 spiro atoms. The third-order valence-electron chi connectivity index (χ3n) is 4.80. The van der Waals surface area contributed by atoms with Gasteiger partial charge in [-0.05, 0) is 24.3 Å². The third kappa shape index (κ3) is 2.88. The molecule has 0 aliphatic carbocycles. The number of carbonyl (C=O) groups is 1. The van der Waals surface area contributed by atoms with Gasteiger partial charge in [-0.15, -0.1) is 0 Å². The van der Waals surface area contributed by atoms with Gasteiger partial charge >= 0.3 is 0 Å². The van der Waals surface area contributed by atoms with Crippen molar-refractivity contribution < 1.29 is 14.4 Å². The largest absolute Gasteiger partial charge is 0.396 e. The lowest BCUT2D eigenvalue weighted by Gasteiger charge is -2.16. The van der Waals surface area contributed by atoms with Crippen LogP contribution in [0.2, 0.25) is 0 Å². The summed E-state index contributed by atoms with van der Waals surface area (Å²) in [4.78, 5) is 23.0. The summed E-state index contributed by atoms with van der Waals surface area (Å²) in [5, 5.41) is 13.8. The van der Waals surface area contributed by atoms with Crippen molar-refractivity contribution >= 4 is 5.91 Å². The van der Waals surface area contributed by atoms with Crippen LogP contribution in [0.25, 0.3) is 11.4 Å². The van der Waals surface area contributed by atoms with Gasteiger partial charge in [0.05, 0.1) is 5.92 Å². The van der Waals surface area contributed by atoms with Gasteiger partial charge in [0.15, 0.2) is 0 Å². The van der Waals surface area contributed by atoms with Crippen LogP contribution in [0.1, 0.15) is 22.3 Å². The van der Waals surface area contributed by atoms with E-state index in [1.807, 2.05) is 25.4 Å². The Morgan fingerprint density at radius 1 is 1.35 bits per heavy atom. The van der Waals surface area contributed by atoms with Gasteiger partial charge < -0.3 is 19.1 Å². The maximum atomic E-state index is 12.7. The Morgan fingerprint density at radius 2 is 2.23 bits per heavy atom. The molecule has 1 aliphatic heterocycles. The Hall–Kier alpha value is -3.00. The fourth-order valence-corrected chi connectivity index (χ4v) is 3.35. The Labute approximate surface area is 150 Å². The maximum Gasteiger partial charge on any atom is 0.270 e. The lowest BCUT2D eigenvalue weighted by molar-refractivity contribution is 0.0771. The molecule has 1 amide bonds. The van der Waals surface area contributed by atoms with Crippen LogP contribution in [0.3, 0.4) is 0 Å². The number of pyridine rings is 1. The number of hydrogen-bond acceptors (Lipinski definition) is 6. The topological polar surface area (TPSA) is 97.3 Å². The molecule has 26 heavy (non-hydrogen) atoms. The van der Waals surface area contributed by atoms with Crippen molar-refractivity contribution in [3.05, 3.63) is 54.4 Å². The minimum absolute atomic E-state index is 0.0494. The molecular weight excluding hydrogens is 334 g/mol. The number of amides is 1. The highest BCUT2D eigenvalue weighted by molar-refractivity contribution is 5.93. The predicted molar refractivity (Wildman–Crippen MR) is 92.2 cm³/mol. The smallest absolute Gasteiger partial charge is 0.270 e. The second-order valence-corrected chi connectivity index (χ2v) is 6.46. The molecule has 8 nitrogen and oxygen atoms in total. The van der Waals surface area contributed by atoms with E-state index in [0.29, 0.717) is 30.5 Å². The number of aryl methyl sites for hydroxylation is 1. The molecule has 1 N–H and O–H groups in total. The molecule has 4 rings (SSSR count). The summed E-state index contributed by atoms with van der Waals surface area (Å²) < 4.78 is 7.22. The second kappa shape index (κ2) is 6.72. The van der Waals surface area contributed by atoms with Gasteiger partial charge in [-0.3, -0.25) is 9.78 Å². The van der Waals surface area contributed by atoms with Gasteiger partial charge in [0, 0.05) is 56.8 Å². The van der Waals surface area contributed by atoms with Crippen molar-refractivity contribution in [1.29, 1.82) is 0 Å². The first-order valence-corrected chi connectivity index (χ1v) is 8.43. The second-order valence-electron chi connectivity index (χ2n) is 6.46.